The fraction of sp³-hybridized carbons (Fsp3) is 0.778. The van der Waals surface area contributed by atoms with Crippen LogP contribution < -0.4 is 5.32 Å². The topological polar surface area (TPSA) is 12.0 Å². The summed E-state index contributed by atoms with van der Waals surface area (Å²) in [6.07, 6.45) is 7.51. The highest BCUT2D eigenvalue weighted by Gasteiger charge is 2.02. The molecule has 1 unspecified atom stereocenters. The zero-order valence-corrected chi connectivity index (χ0v) is 6.98. The van der Waals surface area contributed by atoms with Gasteiger partial charge in [0.15, 0.2) is 0 Å². The normalized spacial score (nSPS) is 27.8. The predicted octanol–water partition coefficient (Wildman–Crippen LogP) is 2.44. The molecule has 0 aromatic carbocycles. The van der Waals surface area contributed by atoms with Crippen molar-refractivity contribution >= 4 is 0 Å². The summed E-state index contributed by atoms with van der Waals surface area (Å²) < 4.78 is 0. The quantitative estimate of drug-likeness (QED) is 0.543. The van der Waals surface area contributed by atoms with Crippen LogP contribution >= 0.6 is 0 Å². The SMILES string of the molecule is CC1=CNC(C)CCCC1. The molecular weight excluding hydrogens is 122 g/mol. The van der Waals surface area contributed by atoms with Crippen LogP contribution in [0.4, 0.5) is 0 Å². The molecule has 1 nitrogen and oxygen atoms in total. The van der Waals surface area contributed by atoms with E-state index < -0.39 is 0 Å². The Kier molecular flexibility index (Phi) is 2.79. The molecule has 0 aliphatic carbocycles. The second-order valence-corrected chi connectivity index (χ2v) is 3.30. The van der Waals surface area contributed by atoms with Crippen molar-refractivity contribution in [1.29, 1.82) is 0 Å². The minimum Gasteiger partial charge on any atom is -0.388 e. The van der Waals surface area contributed by atoms with E-state index in [0.29, 0.717) is 6.04 Å². The van der Waals surface area contributed by atoms with E-state index in [4.69, 9.17) is 0 Å². The molecule has 0 fully saturated rings. The van der Waals surface area contributed by atoms with Crippen LogP contribution in [0.15, 0.2) is 11.8 Å². The molecule has 1 rings (SSSR count). The molecule has 1 N–H and O–H groups in total. The second kappa shape index (κ2) is 3.65. The Morgan fingerprint density at radius 1 is 1.50 bits per heavy atom. The van der Waals surface area contributed by atoms with Gasteiger partial charge in [0.05, 0.1) is 0 Å². The molecule has 0 amide bonds. The van der Waals surface area contributed by atoms with Crippen LogP contribution in [0.3, 0.4) is 0 Å². The molecule has 0 aromatic heterocycles. The van der Waals surface area contributed by atoms with Crippen molar-refractivity contribution in [2.45, 2.75) is 45.6 Å². The maximum Gasteiger partial charge on any atom is 0.0227 e. The Morgan fingerprint density at radius 2 is 2.30 bits per heavy atom. The second-order valence-electron chi connectivity index (χ2n) is 3.30. The van der Waals surface area contributed by atoms with E-state index in [1.165, 1.54) is 31.3 Å². The first-order valence-electron chi connectivity index (χ1n) is 4.21. The minimum absolute atomic E-state index is 0.676. The standard InChI is InChI=1S/C9H17N/c1-8-5-3-4-6-9(2)10-7-8/h7,9-10H,3-6H2,1-2H3. The summed E-state index contributed by atoms with van der Waals surface area (Å²) >= 11 is 0. The third kappa shape index (κ3) is 2.42. The van der Waals surface area contributed by atoms with Gasteiger partial charge in [0.25, 0.3) is 0 Å². The van der Waals surface area contributed by atoms with Crippen molar-refractivity contribution in [2.75, 3.05) is 0 Å². The lowest BCUT2D eigenvalue weighted by Crippen LogP contribution is -2.21. The van der Waals surface area contributed by atoms with Crippen molar-refractivity contribution in [3.05, 3.63) is 11.8 Å². The fourth-order valence-corrected chi connectivity index (χ4v) is 1.29. The van der Waals surface area contributed by atoms with Gasteiger partial charge in [0.1, 0.15) is 0 Å². The Labute approximate surface area is 63.5 Å². The van der Waals surface area contributed by atoms with E-state index in [-0.39, 0.29) is 0 Å². The van der Waals surface area contributed by atoms with Gasteiger partial charge in [-0.25, -0.2) is 0 Å². The van der Waals surface area contributed by atoms with Gasteiger partial charge in [0, 0.05) is 6.04 Å². The van der Waals surface area contributed by atoms with Crippen molar-refractivity contribution in [3.8, 4) is 0 Å². The van der Waals surface area contributed by atoms with Gasteiger partial charge in [-0.1, -0.05) is 12.0 Å². The Balaban J connectivity index is 2.42. The van der Waals surface area contributed by atoms with E-state index in [1.807, 2.05) is 0 Å². The first kappa shape index (κ1) is 7.64. The van der Waals surface area contributed by atoms with Crippen molar-refractivity contribution < 1.29 is 0 Å². The highest BCUT2D eigenvalue weighted by Crippen LogP contribution is 2.12. The number of nitrogens with one attached hydrogen (secondary N) is 1. The molecule has 1 aliphatic heterocycles. The average Bonchev–Trinajstić information content (AvgIpc) is 1.90. The van der Waals surface area contributed by atoms with E-state index in [1.54, 1.807) is 0 Å². The monoisotopic (exact) mass is 139 g/mol. The molecule has 0 saturated heterocycles. The molecule has 1 heterocycles. The predicted molar refractivity (Wildman–Crippen MR) is 44.8 cm³/mol. The molecule has 58 valence electrons. The first-order chi connectivity index (χ1) is 4.79. The summed E-state index contributed by atoms with van der Waals surface area (Å²) in [5, 5.41) is 3.37. The average molecular weight is 139 g/mol. The molecule has 10 heavy (non-hydrogen) atoms. The fourth-order valence-electron chi connectivity index (χ4n) is 1.29. The number of hydrogen-bond donors (Lipinski definition) is 1. The van der Waals surface area contributed by atoms with Crippen LogP contribution in [-0.4, -0.2) is 6.04 Å². The molecule has 0 bridgehead atoms. The third-order valence-electron chi connectivity index (χ3n) is 2.07. The summed E-state index contributed by atoms with van der Waals surface area (Å²) in [6, 6.07) is 0.676. The molecule has 0 aromatic rings. The van der Waals surface area contributed by atoms with Crippen molar-refractivity contribution in [1.82, 2.24) is 5.32 Å². The number of hydrogen-bond acceptors (Lipinski definition) is 1. The van der Waals surface area contributed by atoms with Crippen molar-refractivity contribution in [2.24, 2.45) is 0 Å². The summed E-state index contributed by atoms with van der Waals surface area (Å²) in [4.78, 5) is 0. The summed E-state index contributed by atoms with van der Waals surface area (Å²) in [5.41, 5.74) is 1.49. The lowest BCUT2D eigenvalue weighted by Gasteiger charge is -2.15. The van der Waals surface area contributed by atoms with Gasteiger partial charge in [-0.2, -0.15) is 0 Å². The highest BCUT2D eigenvalue weighted by molar-refractivity contribution is 4.98. The van der Waals surface area contributed by atoms with Gasteiger partial charge >= 0.3 is 0 Å². The summed E-state index contributed by atoms with van der Waals surface area (Å²) in [6.45, 7) is 4.44. The Hall–Kier alpha value is -0.460. The Bertz CT molecular complexity index is 127. The van der Waals surface area contributed by atoms with E-state index in [9.17, 15) is 0 Å². The summed E-state index contributed by atoms with van der Waals surface area (Å²) in [5.74, 6) is 0. The molecule has 1 aliphatic rings. The Morgan fingerprint density at radius 3 is 3.10 bits per heavy atom. The maximum absolute atomic E-state index is 3.37. The van der Waals surface area contributed by atoms with Gasteiger partial charge in [-0.15, -0.1) is 0 Å². The van der Waals surface area contributed by atoms with Gasteiger partial charge in [0.2, 0.25) is 0 Å². The molecule has 0 saturated carbocycles. The van der Waals surface area contributed by atoms with Gasteiger partial charge in [-0.05, 0) is 39.3 Å². The lowest BCUT2D eigenvalue weighted by atomic mass is 10.0. The largest absolute Gasteiger partial charge is 0.388 e. The number of allylic oxidation sites excluding steroid dienone is 1. The first-order valence-corrected chi connectivity index (χ1v) is 4.21. The van der Waals surface area contributed by atoms with E-state index >= 15 is 0 Å². The maximum atomic E-state index is 3.37. The number of rotatable bonds is 0. The smallest absolute Gasteiger partial charge is 0.0227 e. The van der Waals surface area contributed by atoms with Gasteiger partial charge in [-0.3, -0.25) is 0 Å². The van der Waals surface area contributed by atoms with Crippen LogP contribution in [0.2, 0.25) is 0 Å². The molecule has 0 spiro atoms. The van der Waals surface area contributed by atoms with E-state index in [0.717, 1.165) is 0 Å². The molecule has 1 atom stereocenters. The van der Waals surface area contributed by atoms with E-state index in [2.05, 4.69) is 25.4 Å². The zero-order valence-electron chi connectivity index (χ0n) is 6.98. The lowest BCUT2D eigenvalue weighted by molar-refractivity contribution is 0.526. The molecule has 0 radical (unpaired) electrons. The van der Waals surface area contributed by atoms with Crippen LogP contribution in [-0.2, 0) is 0 Å². The minimum atomic E-state index is 0.676. The summed E-state index contributed by atoms with van der Waals surface area (Å²) in [7, 11) is 0. The zero-order chi connectivity index (χ0) is 7.40. The van der Waals surface area contributed by atoms with Crippen molar-refractivity contribution in [3.63, 3.8) is 0 Å². The molecule has 1 heteroatoms. The van der Waals surface area contributed by atoms with Crippen LogP contribution in [0.5, 0.6) is 0 Å². The van der Waals surface area contributed by atoms with Crippen LogP contribution in [0.1, 0.15) is 39.5 Å². The van der Waals surface area contributed by atoms with Crippen LogP contribution in [0, 0.1) is 0 Å². The molecular formula is C9H17N. The van der Waals surface area contributed by atoms with Gasteiger partial charge < -0.3 is 5.32 Å². The third-order valence-corrected chi connectivity index (χ3v) is 2.07. The highest BCUT2D eigenvalue weighted by atomic mass is 14.9. The van der Waals surface area contributed by atoms with Crippen LogP contribution in [0.25, 0.3) is 0 Å².